The monoisotopic (exact) mass is 408 g/mol. The van der Waals surface area contributed by atoms with Gasteiger partial charge in [-0.15, -0.1) is 0 Å². The Hall–Kier alpha value is -2.96. The molecule has 0 saturated heterocycles. The Balaban J connectivity index is 1.74. The summed E-state index contributed by atoms with van der Waals surface area (Å²) in [7, 11) is -2.01. The van der Waals surface area contributed by atoms with Crippen molar-refractivity contribution in [2.75, 3.05) is 7.05 Å². The number of benzene rings is 3. The molecule has 0 spiro atoms. The highest BCUT2D eigenvalue weighted by Gasteiger charge is 2.18. The minimum absolute atomic E-state index is 0.0728. The maximum Gasteiger partial charge on any atom is 0.253 e. The van der Waals surface area contributed by atoms with Crippen LogP contribution in [0.15, 0.2) is 83.8 Å². The highest BCUT2D eigenvalue weighted by molar-refractivity contribution is 7.89. The van der Waals surface area contributed by atoms with Gasteiger partial charge < -0.3 is 4.90 Å². The summed E-state index contributed by atoms with van der Waals surface area (Å²) in [4.78, 5) is 14.5. The first-order chi connectivity index (χ1) is 13.9. The number of hydrogen-bond donors (Lipinski definition) is 1. The van der Waals surface area contributed by atoms with Gasteiger partial charge in [0.2, 0.25) is 10.0 Å². The van der Waals surface area contributed by atoms with E-state index in [0.717, 1.165) is 16.7 Å². The summed E-state index contributed by atoms with van der Waals surface area (Å²) in [5, 5.41) is 0. The highest BCUT2D eigenvalue weighted by atomic mass is 32.2. The van der Waals surface area contributed by atoms with Crippen molar-refractivity contribution in [1.29, 1.82) is 0 Å². The predicted molar refractivity (Wildman–Crippen MR) is 114 cm³/mol. The summed E-state index contributed by atoms with van der Waals surface area (Å²) < 4.78 is 27.9. The molecule has 0 saturated carbocycles. The first-order valence-electron chi connectivity index (χ1n) is 9.30. The third-order valence-corrected chi connectivity index (χ3v) is 6.11. The molecule has 0 atom stereocenters. The smallest absolute Gasteiger partial charge is 0.253 e. The van der Waals surface area contributed by atoms with Crippen molar-refractivity contribution in [3.63, 3.8) is 0 Å². The molecule has 0 fully saturated rings. The molecule has 0 unspecified atom stereocenters. The van der Waals surface area contributed by atoms with Gasteiger partial charge in [0.1, 0.15) is 0 Å². The standard InChI is InChI=1S/C23H24N2O3S/c1-18-9-6-7-12-21(18)17-25(2)23(26)20-13-8-14-22(15-20)29(27,28)24-16-19-10-4-3-5-11-19/h3-15,24H,16-17H2,1-2H3. The fourth-order valence-electron chi connectivity index (χ4n) is 2.99. The van der Waals surface area contributed by atoms with E-state index in [1.54, 1.807) is 24.1 Å². The molecule has 3 aromatic carbocycles. The van der Waals surface area contributed by atoms with E-state index in [0.29, 0.717) is 12.1 Å². The van der Waals surface area contributed by atoms with Gasteiger partial charge in [-0.05, 0) is 41.8 Å². The first kappa shape index (κ1) is 20.8. The van der Waals surface area contributed by atoms with Gasteiger partial charge in [-0.3, -0.25) is 4.79 Å². The lowest BCUT2D eigenvalue weighted by Gasteiger charge is -2.19. The minimum Gasteiger partial charge on any atom is -0.337 e. The molecular formula is C23H24N2O3S. The molecule has 3 rings (SSSR count). The van der Waals surface area contributed by atoms with E-state index in [1.807, 2.05) is 61.5 Å². The molecule has 0 radical (unpaired) electrons. The first-order valence-corrected chi connectivity index (χ1v) is 10.8. The molecule has 0 aliphatic carbocycles. The van der Waals surface area contributed by atoms with E-state index >= 15 is 0 Å². The predicted octanol–water partition coefficient (Wildman–Crippen LogP) is 3.75. The van der Waals surface area contributed by atoms with Crippen LogP contribution in [0.3, 0.4) is 0 Å². The quantitative estimate of drug-likeness (QED) is 0.648. The van der Waals surface area contributed by atoms with Gasteiger partial charge in [0.05, 0.1) is 4.90 Å². The fraction of sp³-hybridized carbons (Fsp3) is 0.174. The zero-order chi connectivity index (χ0) is 20.9. The number of nitrogens with zero attached hydrogens (tertiary/aromatic N) is 1. The summed E-state index contributed by atoms with van der Waals surface area (Å²) >= 11 is 0. The van der Waals surface area contributed by atoms with Gasteiger partial charge >= 0.3 is 0 Å². The molecule has 0 bridgehead atoms. The second kappa shape index (κ2) is 9.03. The summed E-state index contributed by atoms with van der Waals surface area (Å²) in [6, 6.07) is 23.3. The topological polar surface area (TPSA) is 66.5 Å². The van der Waals surface area contributed by atoms with Crippen LogP contribution in [0.25, 0.3) is 0 Å². The third kappa shape index (κ3) is 5.31. The van der Waals surface area contributed by atoms with Crippen LogP contribution < -0.4 is 4.72 Å². The second-order valence-corrected chi connectivity index (χ2v) is 8.69. The molecule has 0 aliphatic rings. The maximum atomic E-state index is 12.8. The fourth-order valence-corrected chi connectivity index (χ4v) is 4.05. The van der Waals surface area contributed by atoms with Crippen LogP contribution in [-0.2, 0) is 23.1 Å². The van der Waals surface area contributed by atoms with Crippen molar-refractivity contribution in [3.05, 3.63) is 101 Å². The lowest BCUT2D eigenvalue weighted by atomic mass is 10.1. The van der Waals surface area contributed by atoms with Crippen LogP contribution in [0.1, 0.15) is 27.0 Å². The van der Waals surface area contributed by atoms with Crippen LogP contribution in [0.2, 0.25) is 0 Å². The van der Waals surface area contributed by atoms with Crippen molar-refractivity contribution in [2.24, 2.45) is 0 Å². The molecule has 1 N–H and O–H groups in total. The number of hydrogen-bond acceptors (Lipinski definition) is 3. The molecular weight excluding hydrogens is 384 g/mol. The van der Waals surface area contributed by atoms with Crippen molar-refractivity contribution in [1.82, 2.24) is 9.62 Å². The van der Waals surface area contributed by atoms with Crippen LogP contribution >= 0.6 is 0 Å². The van der Waals surface area contributed by atoms with E-state index in [1.165, 1.54) is 12.1 Å². The molecule has 3 aromatic rings. The Morgan fingerprint density at radius 1 is 0.931 bits per heavy atom. The summed E-state index contributed by atoms with van der Waals surface area (Å²) in [5.41, 5.74) is 3.36. The van der Waals surface area contributed by atoms with E-state index < -0.39 is 10.0 Å². The molecule has 150 valence electrons. The lowest BCUT2D eigenvalue weighted by Crippen LogP contribution is -2.27. The summed E-state index contributed by atoms with van der Waals surface area (Å²) in [5.74, 6) is -0.228. The van der Waals surface area contributed by atoms with Crippen molar-refractivity contribution < 1.29 is 13.2 Å². The van der Waals surface area contributed by atoms with Gasteiger partial charge in [0.25, 0.3) is 5.91 Å². The number of nitrogens with one attached hydrogen (secondary N) is 1. The van der Waals surface area contributed by atoms with E-state index in [4.69, 9.17) is 0 Å². The number of carbonyl (C=O) groups excluding carboxylic acids is 1. The molecule has 0 aromatic heterocycles. The number of amides is 1. The molecule has 6 heteroatoms. The van der Waals surface area contributed by atoms with Gasteiger partial charge in [-0.2, -0.15) is 0 Å². The normalized spacial score (nSPS) is 11.2. The SMILES string of the molecule is Cc1ccccc1CN(C)C(=O)c1cccc(S(=O)(=O)NCc2ccccc2)c1. The number of carbonyl (C=O) groups is 1. The zero-order valence-corrected chi connectivity index (χ0v) is 17.3. The average molecular weight is 409 g/mol. The number of sulfonamides is 1. The number of aryl methyl sites for hydroxylation is 1. The maximum absolute atomic E-state index is 12.8. The van der Waals surface area contributed by atoms with Crippen LogP contribution in [0.4, 0.5) is 0 Å². The Bertz CT molecular complexity index is 1100. The van der Waals surface area contributed by atoms with E-state index in [9.17, 15) is 13.2 Å². The summed E-state index contributed by atoms with van der Waals surface area (Å²) in [6.07, 6.45) is 0. The van der Waals surface area contributed by atoms with Gasteiger partial charge in [-0.1, -0.05) is 60.7 Å². The minimum atomic E-state index is -3.73. The van der Waals surface area contributed by atoms with Gasteiger partial charge in [0, 0.05) is 25.7 Å². The van der Waals surface area contributed by atoms with Crippen LogP contribution in [0, 0.1) is 6.92 Å². The Morgan fingerprint density at radius 3 is 2.34 bits per heavy atom. The Kier molecular flexibility index (Phi) is 6.46. The Morgan fingerprint density at radius 2 is 1.62 bits per heavy atom. The summed E-state index contributed by atoms with van der Waals surface area (Å²) in [6.45, 7) is 2.64. The van der Waals surface area contributed by atoms with E-state index in [2.05, 4.69) is 4.72 Å². The second-order valence-electron chi connectivity index (χ2n) is 6.93. The van der Waals surface area contributed by atoms with Gasteiger partial charge in [-0.25, -0.2) is 13.1 Å². The van der Waals surface area contributed by atoms with E-state index in [-0.39, 0.29) is 17.3 Å². The lowest BCUT2D eigenvalue weighted by molar-refractivity contribution is 0.0784. The van der Waals surface area contributed by atoms with Crippen LogP contribution in [0.5, 0.6) is 0 Å². The average Bonchev–Trinajstić information content (AvgIpc) is 2.74. The van der Waals surface area contributed by atoms with Crippen molar-refractivity contribution >= 4 is 15.9 Å². The highest BCUT2D eigenvalue weighted by Crippen LogP contribution is 2.16. The molecule has 1 amide bonds. The van der Waals surface area contributed by atoms with Crippen molar-refractivity contribution in [3.8, 4) is 0 Å². The van der Waals surface area contributed by atoms with Crippen LogP contribution in [-0.4, -0.2) is 26.3 Å². The molecule has 5 nitrogen and oxygen atoms in total. The number of rotatable bonds is 7. The zero-order valence-electron chi connectivity index (χ0n) is 16.5. The Labute approximate surface area is 172 Å². The molecule has 29 heavy (non-hydrogen) atoms. The molecule has 0 heterocycles. The van der Waals surface area contributed by atoms with Crippen molar-refractivity contribution in [2.45, 2.75) is 24.9 Å². The largest absolute Gasteiger partial charge is 0.337 e. The third-order valence-electron chi connectivity index (χ3n) is 4.72. The van der Waals surface area contributed by atoms with Gasteiger partial charge in [0.15, 0.2) is 0 Å². The molecule has 0 aliphatic heterocycles.